The molecule has 1 aromatic rings. The largest absolute Gasteiger partial charge is 0.376 e. The molecule has 0 aromatic carbocycles. The zero-order chi connectivity index (χ0) is 19.8. The van der Waals surface area contributed by atoms with E-state index < -0.39 is 10.0 Å². The predicted octanol–water partition coefficient (Wildman–Crippen LogP) is 0.362. The van der Waals surface area contributed by atoms with Crippen LogP contribution in [0.2, 0.25) is 0 Å². The van der Waals surface area contributed by atoms with Crippen molar-refractivity contribution < 1.29 is 17.9 Å². The Labute approximate surface area is 159 Å². The molecule has 8 nitrogen and oxygen atoms in total. The number of sulfonamides is 1. The van der Waals surface area contributed by atoms with Crippen LogP contribution in [-0.4, -0.2) is 73.2 Å². The minimum absolute atomic E-state index is 0.00497. The Morgan fingerprint density at radius 3 is 2.44 bits per heavy atom. The van der Waals surface area contributed by atoms with Crippen molar-refractivity contribution in [3.05, 3.63) is 33.2 Å². The minimum atomic E-state index is -3.27. The lowest BCUT2D eigenvalue weighted by molar-refractivity contribution is 0.0692. The summed E-state index contributed by atoms with van der Waals surface area (Å²) >= 11 is 0. The first-order valence-corrected chi connectivity index (χ1v) is 11.1. The molecule has 1 amide bonds. The average molecular weight is 397 g/mol. The second kappa shape index (κ2) is 7.73. The third kappa shape index (κ3) is 4.25. The van der Waals surface area contributed by atoms with Gasteiger partial charge in [0.1, 0.15) is 5.56 Å². The first-order valence-electron chi connectivity index (χ1n) is 9.25. The lowest BCUT2D eigenvalue weighted by atomic mass is 10.1. The number of ether oxygens (including phenoxy) is 1. The number of nitrogens with zero attached hydrogens (tertiary/aromatic N) is 3. The first-order chi connectivity index (χ1) is 12.7. The summed E-state index contributed by atoms with van der Waals surface area (Å²) in [7, 11) is -3.27. The number of hydrogen-bond acceptors (Lipinski definition) is 5. The molecule has 2 aliphatic heterocycles. The summed E-state index contributed by atoms with van der Waals surface area (Å²) < 4.78 is 31.9. The molecule has 1 atom stereocenters. The molecule has 150 valence electrons. The second-order valence-corrected chi connectivity index (χ2v) is 9.33. The summed E-state index contributed by atoms with van der Waals surface area (Å²) in [5, 5.41) is 0. The van der Waals surface area contributed by atoms with Gasteiger partial charge in [-0.25, -0.2) is 8.42 Å². The first kappa shape index (κ1) is 20.0. The molecule has 0 aliphatic carbocycles. The van der Waals surface area contributed by atoms with Crippen LogP contribution in [0.15, 0.2) is 10.9 Å². The van der Waals surface area contributed by atoms with Crippen molar-refractivity contribution in [3.63, 3.8) is 0 Å². The van der Waals surface area contributed by atoms with E-state index >= 15 is 0 Å². The molecule has 2 aliphatic rings. The van der Waals surface area contributed by atoms with E-state index in [4.69, 9.17) is 4.74 Å². The second-order valence-electron chi connectivity index (χ2n) is 7.35. The minimum Gasteiger partial charge on any atom is -0.376 e. The Morgan fingerprint density at radius 2 is 1.89 bits per heavy atom. The van der Waals surface area contributed by atoms with Crippen molar-refractivity contribution in [3.8, 4) is 0 Å². The molecule has 0 bridgehead atoms. The van der Waals surface area contributed by atoms with E-state index in [9.17, 15) is 18.0 Å². The molecule has 0 saturated carbocycles. The Bertz CT molecular complexity index is 879. The van der Waals surface area contributed by atoms with Crippen LogP contribution in [0.5, 0.6) is 0 Å². The van der Waals surface area contributed by atoms with E-state index in [1.165, 1.54) is 10.6 Å². The normalized spacial score (nSPS) is 21.6. The van der Waals surface area contributed by atoms with Crippen molar-refractivity contribution in [2.75, 3.05) is 39.0 Å². The third-order valence-corrected chi connectivity index (χ3v) is 6.63. The summed E-state index contributed by atoms with van der Waals surface area (Å²) in [6.45, 7) is 5.86. The van der Waals surface area contributed by atoms with Gasteiger partial charge in [-0.05, 0) is 38.3 Å². The Morgan fingerprint density at radius 1 is 1.22 bits per heavy atom. The van der Waals surface area contributed by atoms with Crippen LogP contribution in [0.3, 0.4) is 0 Å². The lowest BCUT2D eigenvalue weighted by Crippen LogP contribution is -2.51. The third-order valence-electron chi connectivity index (χ3n) is 5.32. The van der Waals surface area contributed by atoms with Crippen LogP contribution in [0.1, 0.15) is 34.5 Å². The van der Waals surface area contributed by atoms with Crippen molar-refractivity contribution in [1.82, 2.24) is 13.8 Å². The lowest BCUT2D eigenvalue weighted by Gasteiger charge is -2.33. The molecule has 0 N–H and O–H groups in total. The van der Waals surface area contributed by atoms with Gasteiger partial charge in [-0.3, -0.25) is 9.59 Å². The van der Waals surface area contributed by atoms with Gasteiger partial charge in [-0.2, -0.15) is 4.31 Å². The van der Waals surface area contributed by atoms with E-state index in [2.05, 4.69) is 0 Å². The Balaban J connectivity index is 1.83. The zero-order valence-electron chi connectivity index (χ0n) is 16.1. The van der Waals surface area contributed by atoms with Gasteiger partial charge in [0, 0.05) is 38.5 Å². The molecule has 9 heteroatoms. The standard InChI is InChI=1S/C18H27N3O5S/c1-13-11-14(2)21(12-15-5-4-10-26-15)18(23)16(13)17(22)19-6-8-20(9-7-19)27(3,24)25/h11,15H,4-10,12H2,1-3H3/t15-/m0/s1. The number of rotatable bonds is 4. The monoisotopic (exact) mass is 397 g/mol. The molecule has 0 radical (unpaired) electrons. The molecule has 0 spiro atoms. The van der Waals surface area contributed by atoms with Gasteiger partial charge >= 0.3 is 0 Å². The predicted molar refractivity (Wildman–Crippen MR) is 101 cm³/mol. The highest BCUT2D eigenvalue weighted by atomic mass is 32.2. The summed E-state index contributed by atoms with van der Waals surface area (Å²) in [6.07, 6.45) is 3.07. The van der Waals surface area contributed by atoms with Gasteiger partial charge in [0.05, 0.1) is 18.9 Å². The molecule has 27 heavy (non-hydrogen) atoms. The molecule has 2 fully saturated rings. The van der Waals surface area contributed by atoms with E-state index in [1.807, 2.05) is 13.0 Å². The number of aromatic nitrogens is 1. The molecular formula is C18H27N3O5S. The van der Waals surface area contributed by atoms with Gasteiger partial charge in [0.25, 0.3) is 11.5 Å². The summed E-state index contributed by atoms with van der Waals surface area (Å²) in [5.74, 6) is -0.327. The quantitative estimate of drug-likeness (QED) is 0.732. The number of pyridine rings is 1. The number of hydrogen-bond donors (Lipinski definition) is 0. The number of carbonyl (C=O) groups is 1. The van der Waals surface area contributed by atoms with E-state index in [-0.39, 0.29) is 49.3 Å². The number of carbonyl (C=O) groups excluding carboxylic acids is 1. The van der Waals surface area contributed by atoms with Crippen LogP contribution in [-0.2, 0) is 21.3 Å². The number of amides is 1. The van der Waals surface area contributed by atoms with Gasteiger partial charge in [0.15, 0.2) is 0 Å². The molecule has 1 aromatic heterocycles. The van der Waals surface area contributed by atoms with Gasteiger partial charge in [-0.15, -0.1) is 0 Å². The van der Waals surface area contributed by atoms with Crippen molar-refractivity contribution in [1.29, 1.82) is 0 Å². The highest BCUT2D eigenvalue weighted by Gasteiger charge is 2.29. The SMILES string of the molecule is Cc1cc(C)n(C[C@@H]2CCCO2)c(=O)c1C(=O)N1CCN(S(C)(=O)=O)CC1. The maximum absolute atomic E-state index is 13.1. The Hall–Kier alpha value is -1.71. The molecule has 2 saturated heterocycles. The maximum atomic E-state index is 13.1. The van der Waals surface area contributed by atoms with Gasteiger partial charge in [-0.1, -0.05) is 0 Å². The number of aryl methyl sites for hydroxylation is 2. The highest BCUT2D eigenvalue weighted by molar-refractivity contribution is 7.88. The van der Waals surface area contributed by atoms with Crippen LogP contribution in [0.25, 0.3) is 0 Å². The topological polar surface area (TPSA) is 88.9 Å². The fourth-order valence-corrected chi connectivity index (χ4v) is 4.61. The van der Waals surface area contributed by atoms with Crippen LogP contribution >= 0.6 is 0 Å². The fourth-order valence-electron chi connectivity index (χ4n) is 3.79. The van der Waals surface area contributed by atoms with Crippen molar-refractivity contribution >= 4 is 15.9 Å². The smallest absolute Gasteiger partial charge is 0.263 e. The molecule has 3 heterocycles. The summed E-state index contributed by atoms with van der Waals surface area (Å²) in [4.78, 5) is 27.6. The van der Waals surface area contributed by atoms with Gasteiger partial charge < -0.3 is 14.2 Å². The Kier molecular flexibility index (Phi) is 5.73. The van der Waals surface area contributed by atoms with E-state index in [0.29, 0.717) is 18.7 Å². The van der Waals surface area contributed by atoms with Crippen molar-refractivity contribution in [2.45, 2.75) is 39.3 Å². The summed E-state index contributed by atoms with van der Waals surface area (Å²) in [6, 6.07) is 1.86. The van der Waals surface area contributed by atoms with Gasteiger partial charge in [0.2, 0.25) is 10.0 Å². The summed E-state index contributed by atoms with van der Waals surface area (Å²) in [5.41, 5.74) is 1.34. The van der Waals surface area contributed by atoms with E-state index in [0.717, 1.165) is 18.5 Å². The average Bonchev–Trinajstić information content (AvgIpc) is 3.11. The highest BCUT2D eigenvalue weighted by Crippen LogP contribution is 2.17. The van der Waals surface area contributed by atoms with Crippen LogP contribution in [0, 0.1) is 13.8 Å². The fraction of sp³-hybridized carbons (Fsp3) is 0.667. The molecule has 3 rings (SSSR count). The maximum Gasteiger partial charge on any atom is 0.263 e. The number of piperazine rings is 1. The van der Waals surface area contributed by atoms with Crippen molar-refractivity contribution in [2.24, 2.45) is 0 Å². The molecule has 0 unspecified atom stereocenters. The molecular weight excluding hydrogens is 370 g/mol. The zero-order valence-corrected chi connectivity index (χ0v) is 16.9. The van der Waals surface area contributed by atoms with Crippen LogP contribution < -0.4 is 5.56 Å². The van der Waals surface area contributed by atoms with E-state index in [1.54, 1.807) is 16.4 Å². The van der Waals surface area contributed by atoms with Crippen LogP contribution in [0.4, 0.5) is 0 Å².